The summed E-state index contributed by atoms with van der Waals surface area (Å²) in [5, 5.41) is 1.92. The summed E-state index contributed by atoms with van der Waals surface area (Å²) < 4.78 is 30.1. The molecule has 0 unspecified atom stereocenters. The van der Waals surface area contributed by atoms with E-state index in [1.807, 2.05) is 17.5 Å². The fourth-order valence-corrected chi connectivity index (χ4v) is 3.68. The van der Waals surface area contributed by atoms with Crippen LogP contribution in [0.15, 0.2) is 46.7 Å². The van der Waals surface area contributed by atoms with Gasteiger partial charge in [-0.15, -0.1) is 11.3 Å². The number of esters is 1. The number of amides is 1. The van der Waals surface area contributed by atoms with Gasteiger partial charge < -0.3 is 9.64 Å². The van der Waals surface area contributed by atoms with Crippen molar-refractivity contribution in [1.29, 1.82) is 0 Å². The van der Waals surface area contributed by atoms with Gasteiger partial charge >= 0.3 is 5.97 Å². The molecule has 0 saturated carbocycles. The molecule has 0 fully saturated rings. The molecule has 7 nitrogen and oxygen atoms in total. The Hall–Kier alpha value is -2.23. The first-order valence-corrected chi connectivity index (χ1v) is 10.00. The van der Waals surface area contributed by atoms with Crippen LogP contribution in [-0.2, 0) is 26.1 Å². The molecule has 2 rings (SSSR count). The molecular formula is C17H20N2O5S2. The summed E-state index contributed by atoms with van der Waals surface area (Å²) >= 11 is 1.54. The van der Waals surface area contributed by atoms with E-state index in [2.05, 4.69) is 0 Å². The van der Waals surface area contributed by atoms with Crippen LogP contribution in [0.4, 0.5) is 0 Å². The molecule has 0 spiro atoms. The maximum absolute atomic E-state index is 12.0. The molecule has 2 aromatic rings. The molecule has 9 heteroatoms. The highest BCUT2D eigenvalue weighted by molar-refractivity contribution is 7.89. The van der Waals surface area contributed by atoms with Crippen molar-refractivity contribution in [2.75, 3.05) is 27.7 Å². The highest BCUT2D eigenvalue weighted by Gasteiger charge is 2.18. The molecule has 1 aromatic heterocycles. The summed E-state index contributed by atoms with van der Waals surface area (Å²) in [7, 11) is 0.929. The third-order valence-corrected chi connectivity index (χ3v) is 6.28. The molecule has 0 aliphatic heterocycles. The standard InChI is InChI=1S/C17H20N2O5S2/c1-18(2)26(22,23)15-8-6-13(7-9-15)17(21)24-12-16(20)19(3)11-14-5-4-10-25-14/h4-10H,11-12H2,1-3H3. The van der Waals surface area contributed by atoms with Crippen molar-refractivity contribution in [3.63, 3.8) is 0 Å². The second kappa shape index (κ2) is 8.43. The van der Waals surface area contributed by atoms with Crippen LogP contribution in [-0.4, -0.2) is 57.2 Å². The summed E-state index contributed by atoms with van der Waals surface area (Å²) in [5.41, 5.74) is 0.177. The van der Waals surface area contributed by atoms with Crippen LogP contribution in [0.2, 0.25) is 0 Å². The fourth-order valence-electron chi connectivity index (χ4n) is 2.02. The van der Waals surface area contributed by atoms with Gasteiger partial charge in [-0.25, -0.2) is 17.5 Å². The molecule has 0 N–H and O–H groups in total. The smallest absolute Gasteiger partial charge is 0.338 e. The Morgan fingerprint density at radius 1 is 1.08 bits per heavy atom. The number of thiophene rings is 1. The van der Waals surface area contributed by atoms with Crippen LogP contribution < -0.4 is 0 Å². The number of carbonyl (C=O) groups is 2. The van der Waals surface area contributed by atoms with Crippen LogP contribution >= 0.6 is 11.3 Å². The Morgan fingerprint density at radius 2 is 1.73 bits per heavy atom. The van der Waals surface area contributed by atoms with Gasteiger partial charge in [0, 0.05) is 26.0 Å². The number of rotatable bonds is 7. The first kappa shape index (κ1) is 20.1. The van der Waals surface area contributed by atoms with E-state index >= 15 is 0 Å². The number of likely N-dealkylation sites (N-methyl/N-ethyl adjacent to an activating group) is 1. The normalized spacial score (nSPS) is 11.4. The van der Waals surface area contributed by atoms with E-state index in [0.29, 0.717) is 6.54 Å². The van der Waals surface area contributed by atoms with Crippen LogP contribution in [0.5, 0.6) is 0 Å². The molecule has 0 aliphatic rings. The number of hydrogen-bond acceptors (Lipinski definition) is 6. The highest BCUT2D eigenvalue weighted by atomic mass is 32.2. The van der Waals surface area contributed by atoms with Crippen LogP contribution in [0.3, 0.4) is 0 Å². The molecule has 0 aliphatic carbocycles. The van der Waals surface area contributed by atoms with Crippen molar-refractivity contribution in [1.82, 2.24) is 9.21 Å². The lowest BCUT2D eigenvalue weighted by molar-refractivity contribution is -0.133. The van der Waals surface area contributed by atoms with Crippen molar-refractivity contribution in [3.05, 3.63) is 52.2 Å². The topological polar surface area (TPSA) is 84.0 Å². The minimum Gasteiger partial charge on any atom is -0.452 e. The van der Waals surface area contributed by atoms with E-state index in [-0.39, 0.29) is 23.0 Å². The molecule has 26 heavy (non-hydrogen) atoms. The summed E-state index contributed by atoms with van der Waals surface area (Å²) in [6, 6.07) is 9.20. The SMILES string of the molecule is CN(Cc1cccs1)C(=O)COC(=O)c1ccc(S(=O)(=O)N(C)C)cc1. The van der Waals surface area contributed by atoms with Crippen molar-refractivity contribution in [2.24, 2.45) is 0 Å². The maximum Gasteiger partial charge on any atom is 0.338 e. The minimum atomic E-state index is -3.56. The zero-order valence-corrected chi connectivity index (χ0v) is 16.3. The number of hydrogen-bond donors (Lipinski definition) is 0. The zero-order valence-electron chi connectivity index (χ0n) is 14.7. The Balaban J connectivity index is 1.92. The fraction of sp³-hybridized carbons (Fsp3) is 0.294. The molecule has 140 valence electrons. The molecule has 0 bridgehead atoms. The number of carbonyl (C=O) groups excluding carboxylic acids is 2. The predicted molar refractivity (Wildman–Crippen MR) is 98.4 cm³/mol. The van der Waals surface area contributed by atoms with Gasteiger partial charge in [0.25, 0.3) is 5.91 Å². The Labute approximate surface area is 156 Å². The van der Waals surface area contributed by atoms with Gasteiger partial charge in [-0.05, 0) is 35.7 Å². The lowest BCUT2D eigenvalue weighted by Crippen LogP contribution is -2.30. The zero-order chi connectivity index (χ0) is 19.3. The maximum atomic E-state index is 12.0. The van der Waals surface area contributed by atoms with E-state index in [9.17, 15) is 18.0 Å². The van der Waals surface area contributed by atoms with Crippen molar-refractivity contribution in [3.8, 4) is 0 Å². The van der Waals surface area contributed by atoms with Gasteiger partial charge in [-0.3, -0.25) is 4.79 Å². The van der Waals surface area contributed by atoms with E-state index in [0.717, 1.165) is 9.18 Å². The van der Waals surface area contributed by atoms with Gasteiger partial charge in [0.2, 0.25) is 10.0 Å². The monoisotopic (exact) mass is 396 g/mol. The Bertz CT molecular complexity index is 859. The van der Waals surface area contributed by atoms with Gasteiger partial charge in [0.05, 0.1) is 17.0 Å². The quantitative estimate of drug-likeness (QED) is 0.667. The largest absolute Gasteiger partial charge is 0.452 e. The third-order valence-electron chi connectivity index (χ3n) is 3.59. The average Bonchev–Trinajstić information content (AvgIpc) is 3.12. The lowest BCUT2D eigenvalue weighted by Gasteiger charge is -2.16. The minimum absolute atomic E-state index is 0.0748. The lowest BCUT2D eigenvalue weighted by atomic mass is 10.2. The number of benzene rings is 1. The van der Waals surface area contributed by atoms with Gasteiger partial charge in [0.15, 0.2) is 6.61 Å². The molecule has 1 aromatic carbocycles. The van der Waals surface area contributed by atoms with Crippen molar-refractivity contribution >= 4 is 33.2 Å². The Morgan fingerprint density at radius 3 is 2.27 bits per heavy atom. The third kappa shape index (κ3) is 4.90. The van der Waals surface area contributed by atoms with E-state index in [1.165, 1.54) is 43.3 Å². The number of nitrogens with zero attached hydrogens (tertiary/aromatic N) is 2. The predicted octanol–water partition coefficient (Wildman–Crippen LogP) is 1.81. The van der Waals surface area contributed by atoms with Gasteiger partial charge in [-0.2, -0.15) is 0 Å². The van der Waals surface area contributed by atoms with E-state index in [4.69, 9.17) is 4.74 Å². The van der Waals surface area contributed by atoms with Crippen molar-refractivity contribution in [2.45, 2.75) is 11.4 Å². The summed E-state index contributed by atoms with van der Waals surface area (Å²) in [4.78, 5) is 26.7. The second-order valence-corrected chi connectivity index (χ2v) is 8.90. The summed E-state index contributed by atoms with van der Waals surface area (Å²) in [6.07, 6.45) is 0. The molecular weight excluding hydrogens is 376 g/mol. The number of ether oxygens (including phenoxy) is 1. The summed E-state index contributed by atoms with van der Waals surface area (Å²) in [6.45, 7) is 0.0730. The van der Waals surface area contributed by atoms with Crippen LogP contribution in [0.25, 0.3) is 0 Å². The van der Waals surface area contributed by atoms with Crippen LogP contribution in [0.1, 0.15) is 15.2 Å². The first-order valence-electron chi connectivity index (χ1n) is 7.68. The molecule has 0 radical (unpaired) electrons. The van der Waals surface area contributed by atoms with Gasteiger partial charge in [-0.1, -0.05) is 6.07 Å². The van der Waals surface area contributed by atoms with Crippen molar-refractivity contribution < 1.29 is 22.7 Å². The second-order valence-electron chi connectivity index (χ2n) is 5.72. The number of sulfonamides is 1. The van der Waals surface area contributed by atoms with E-state index in [1.54, 1.807) is 18.4 Å². The van der Waals surface area contributed by atoms with Crippen LogP contribution in [0, 0.1) is 0 Å². The first-order chi connectivity index (χ1) is 12.2. The molecule has 0 saturated heterocycles. The molecule has 1 amide bonds. The molecule has 0 atom stereocenters. The summed E-state index contributed by atoms with van der Waals surface area (Å²) in [5.74, 6) is -1.00. The van der Waals surface area contributed by atoms with Gasteiger partial charge in [0.1, 0.15) is 0 Å². The van der Waals surface area contributed by atoms with E-state index < -0.39 is 16.0 Å². The highest BCUT2D eigenvalue weighted by Crippen LogP contribution is 2.15. The molecule has 1 heterocycles. The Kier molecular flexibility index (Phi) is 6.52. The average molecular weight is 396 g/mol.